The minimum Gasteiger partial charge on any atom is -0.423 e. The van der Waals surface area contributed by atoms with Crippen molar-refractivity contribution in [2.24, 2.45) is 0 Å². The van der Waals surface area contributed by atoms with Crippen LogP contribution < -0.4 is 9.68 Å². The van der Waals surface area contributed by atoms with Gasteiger partial charge >= 0.3 is 10.9 Å². The molecule has 0 fully saturated rings. The Morgan fingerprint density at radius 2 is 2.00 bits per heavy atom. The Bertz CT molecular complexity index is 850. The summed E-state index contributed by atoms with van der Waals surface area (Å²) in [6.45, 7) is 0. The Morgan fingerprint density at radius 3 is 2.80 bits per heavy atom. The zero-order chi connectivity index (χ0) is 14.1. The van der Waals surface area contributed by atoms with Crippen LogP contribution in [-0.2, 0) is 0 Å². The summed E-state index contributed by atoms with van der Waals surface area (Å²) in [5, 5.41) is 0.326. The molecule has 0 amide bonds. The molecule has 3 rings (SSSR count). The van der Waals surface area contributed by atoms with E-state index < -0.39 is 10.9 Å². The van der Waals surface area contributed by atoms with E-state index in [0.717, 1.165) is 11.3 Å². The smallest absolute Gasteiger partial charge is 0.396 e. The first kappa shape index (κ1) is 12.9. The van der Waals surface area contributed by atoms with Gasteiger partial charge in [0.15, 0.2) is 0 Å². The Labute approximate surface area is 122 Å². The summed E-state index contributed by atoms with van der Waals surface area (Å²) in [4.78, 5) is 22.7. The lowest BCUT2D eigenvalue weighted by Crippen LogP contribution is -2.08. The monoisotopic (exact) mass is 306 g/mol. The summed E-state index contributed by atoms with van der Waals surface area (Å²) < 4.78 is 10.8. The van der Waals surface area contributed by atoms with Crippen molar-refractivity contribution in [3.8, 4) is 5.75 Å². The predicted octanol–water partition coefficient (Wildman–Crippen LogP) is 3.73. The van der Waals surface area contributed by atoms with Crippen LogP contribution >= 0.6 is 22.9 Å². The topological polar surface area (TPSA) is 56.5 Å². The molecule has 6 heteroatoms. The lowest BCUT2D eigenvalue weighted by Gasteiger charge is -2.05. The van der Waals surface area contributed by atoms with Gasteiger partial charge in [-0.25, -0.2) is 9.59 Å². The van der Waals surface area contributed by atoms with Crippen molar-refractivity contribution in [1.29, 1.82) is 0 Å². The number of carbonyl (C=O) groups excluding carboxylic acids is 1. The summed E-state index contributed by atoms with van der Waals surface area (Å²) in [5.74, 6) is -0.217. The average Bonchev–Trinajstić information content (AvgIpc) is 2.78. The molecule has 0 N–H and O–H groups in total. The van der Waals surface area contributed by atoms with E-state index in [1.54, 1.807) is 42.5 Å². The molecule has 0 aliphatic heterocycles. The molecular weight excluding hydrogens is 300 g/mol. The molecular formula is C14H7ClO4S. The number of hydrogen-bond acceptors (Lipinski definition) is 5. The first-order chi connectivity index (χ1) is 9.63. The van der Waals surface area contributed by atoms with Gasteiger partial charge in [0.25, 0.3) is 0 Å². The number of esters is 1. The third kappa shape index (κ3) is 2.45. The molecule has 0 saturated carbocycles. The van der Waals surface area contributed by atoms with E-state index in [9.17, 15) is 9.59 Å². The van der Waals surface area contributed by atoms with Crippen molar-refractivity contribution in [2.45, 2.75) is 0 Å². The third-order valence-corrected chi connectivity index (χ3v) is 3.72. The minimum absolute atomic E-state index is 0.287. The van der Waals surface area contributed by atoms with Gasteiger partial charge in [-0.2, -0.15) is 0 Å². The van der Waals surface area contributed by atoms with Gasteiger partial charge in [0, 0.05) is 6.07 Å². The number of halogens is 1. The molecule has 0 aliphatic carbocycles. The fourth-order valence-electron chi connectivity index (χ4n) is 1.71. The molecule has 1 heterocycles. The maximum Gasteiger partial charge on any atom is 0.396 e. The summed E-state index contributed by atoms with van der Waals surface area (Å²) >= 11 is 6.88. The Hall–Kier alpha value is -2.11. The summed E-state index contributed by atoms with van der Waals surface area (Å²) in [5.41, 5.74) is 0.757. The quantitative estimate of drug-likeness (QED) is 0.535. The van der Waals surface area contributed by atoms with Crippen LogP contribution in [0.1, 0.15) is 10.4 Å². The summed E-state index contributed by atoms with van der Waals surface area (Å²) in [7, 11) is 0. The fourth-order valence-corrected chi connectivity index (χ4v) is 2.61. The van der Waals surface area contributed by atoms with E-state index in [0.29, 0.717) is 21.1 Å². The SMILES string of the molecule is O=C(Oc1ccc2oc(=O)sc2c1)c1ccccc1Cl. The molecule has 0 radical (unpaired) electrons. The van der Waals surface area contributed by atoms with Gasteiger partial charge in [0.2, 0.25) is 0 Å². The highest BCUT2D eigenvalue weighted by molar-refractivity contribution is 7.16. The minimum atomic E-state index is -0.550. The van der Waals surface area contributed by atoms with Crippen molar-refractivity contribution in [3.05, 3.63) is 62.8 Å². The van der Waals surface area contributed by atoms with E-state index in [2.05, 4.69) is 0 Å². The highest BCUT2D eigenvalue weighted by Gasteiger charge is 2.13. The average molecular weight is 307 g/mol. The van der Waals surface area contributed by atoms with Gasteiger partial charge in [0.05, 0.1) is 15.3 Å². The maximum absolute atomic E-state index is 12.0. The van der Waals surface area contributed by atoms with Crippen molar-refractivity contribution in [1.82, 2.24) is 0 Å². The van der Waals surface area contributed by atoms with Crippen LogP contribution in [0.5, 0.6) is 5.75 Å². The largest absolute Gasteiger partial charge is 0.423 e. The van der Waals surface area contributed by atoms with E-state index in [-0.39, 0.29) is 5.56 Å². The second-order valence-corrected chi connectivity index (χ2v) is 5.32. The summed E-state index contributed by atoms with van der Waals surface area (Å²) in [6, 6.07) is 11.4. The standard InChI is InChI=1S/C14H7ClO4S/c15-10-4-2-1-3-9(10)13(16)18-8-5-6-11-12(7-8)20-14(17)19-11/h1-7H. The summed E-state index contributed by atoms with van der Waals surface area (Å²) in [6.07, 6.45) is 0. The van der Waals surface area contributed by atoms with Crippen molar-refractivity contribution < 1.29 is 13.9 Å². The maximum atomic E-state index is 12.0. The number of rotatable bonds is 2. The highest BCUT2D eigenvalue weighted by atomic mass is 35.5. The lowest BCUT2D eigenvalue weighted by atomic mass is 10.2. The van der Waals surface area contributed by atoms with Crippen molar-refractivity contribution in [2.75, 3.05) is 0 Å². The molecule has 0 atom stereocenters. The first-order valence-electron chi connectivity index (χ1n) is 5.64. The van der Waals surface area contributed by atoms with Gasteiger partial charge in [-0.1, -0.05) is 35.1 Å². The van der Waals surface area contributed by atoms with Crippen LogP contribution in [0.2, 0.25) is 5.02 Å². The molecule has 0 spiro atoms. The van der Waals surface area contributed by atoms with E-state index in [1.807, 2.05) is 0 Å². The van der Waals surface area contributed by atoms with Crippen LogP contribution in [-0.4, -0.2) is 5.97 Å². The van der Waals surface area contributed by atoms with Gasteiger partial charge in [-0.3, -0.25) is 0 Å². The second kappa shape index (κ2) is 5.11. The number of hydrogen-bond donors (Lipinski definition) is 0. The van der Waals surface area contributed by atoms with E-state index >= 15 is 0 Å². The second-order valence-electron chi connectivity index (χ2n) is 3.93. The number of benzene rings is 2. The van der Waals surface area contributed by atoms with E-state index in [1.165, 1.54) is 0 Å². The number of fused-ring (bicyclic) bond motifs is 1. The van der Waals surface area contributed by atoms with Gasteiger partial charge in [-0.15, -0.1) is 0 Å². The molecule has 0 bridgehead atoms. The molecule has 0 aliphatic rings. The molecule has 20 heavy (non-hydrogen) atoms. The van der Waals surface area contributed by atoms with Gasteiger partial charge < -0.3 is 9.15 Å². The molecule has 0 unspecified atom stereocenters. The van der Waals surface area contributed by atoms with Gasteiger partial charge in [-0.05, 0) is 24.3 Å². The molecule has 1 aromatic heterocycles. The number of carbonyl (C=O) groups is 1. The zero-order valence-corrected chi connectivity index (χ0v) is 11.5. The molecule has 100 valence electrons. The lowest BCUT2D eigenvalue weighted by molar-refractivity contribution is 0.0735. The van der Waals surface area contributed by atoms with Crippen LogP contribution in [0.25, 0.3) is 10.3 Å². The van der Waals surface area contributed by atoms with Crippen LogP contribution in [0, 0.1) is 0 Å². The van der Waals surface area contributed by atoms with Crippen LogP contribution in [0.4, 0.5) is 0 Å². The normalized spacial score (nSPS) is 10.7. The number of ether oxygens (including phenoxy) is 1. The van der Waals surface area contributed by atoms with Crippen molar-refractivity contribution in [3.63, 3.8) is 0 Å². The molecule has 0 saturated heterocycles. The predicted molar refractivity (Wildman–Crippen MR) is 76.8 cm³/mol. The van der Waals surface area contributed by atoms with E-state index in [4.69, 9.17) is 20.8 Å². The molecule has 3 aromatic rings. The molecule has 2 aromatic carbocycles. The fraction of sp³-hybridized carbons (Fsp3) is 0. The first-order valence-corrected chi connectivity index (χ1v) is 6.83. The van der Waals surface area contributed by atoms with Crippen LogP contribution in [0.3, 0.4) is 0 Å². The van der Waals surface area contributed by atoms with Crippen molar-refractivity contribution >= 4 is 39.2 Å². The Kier molecular flexibility index (Phi) is 3.30. The zero-order valence-electron chi connectivity index (χ0n) is 9.96. The Morgan fingerprint density at radius 1 is 1.20 bits per heavy atom. The highest BCUT2D eigenvalue weighted by Crippen LogP contribution is 2.24. The Balaban J connectivity index is 1.91. The molecule has 4 nitrogen and oxygen atoms in total. The third-order valence-electron chi connectivity index (χ3n) is 2.61. The van der Waals surface area contributed by atoms with Crippen LogP contribution in [0.15, 0.2) is 51.7 Å². The van der Waals surface area contributed by atoms with Gasteiger partial charge in [0.1, 0.15) is 11.3 Å².